The number of ether oxygens (including phenoxy) is 1. The monoisotopic (exact) mass is 274 g/mol. The van der Waals surface area contributed by atoms with E-state index in [4.69, 9.17) is 4.74 Å². The molecule has 0 saturated carbocycles. The van der Waals surface area contributed by atoms with Crippen LogP contribution in [0.4, 0.5) is 11.8 Å². The maximum absolute atomic E-state index is 10.00. The van der Waals surface area contributed by atoms with E-state index in [1.54, 1.807) is 12.3 Å². The molecule has 1 heterocycles. The van der Waals surface area contributed by atoms with Gasteiger partial charge in [-0.05, 0) is 12.1 Å². The molecule has 0 spiro atoms. The van der Waals surface area contributed by atoms with Crippen molar-refractivity contribution < 1.29 is 9.84 Å². The number of aromatic hydroxyl groups is 1. The Bertz CT molecular complexity index is 587. The number of phenols is 1. The van der Waals surface area contributed by atoms with Crippen molar-refractivity contribution in [2.24, 2.45) is 0 Å². The first-order chi connectivity index (χ1) is 9.61. The van der Waals surface area contributed by atoms with Crippen LogP contribution in [0.3, 0.4) is 0 Å². The molecule has 1 aromatic carbocycles. The molecule has 1 aromatic heterocycles. The highest BCUT2D eigenvalue weighted by Gasteiger charge is 2.08. The normalized spacial score (nSPS) is 10.2. The summed E-state index contributed by atoms with van der Waals surface area (Å²) < 4.78 is 5.07. The Kier molecular flexibility index (Phi) is 4.24. The van der Waals surface area contributed by atoms with Crippen LogP contribution in [-0.2, 0) is 6.54 Å². The molecule has 106 valence electrons. The molecule has 0 aliphatic heterocycles. The smallest absolute Gasteiger partial charge is 0.224 e. The van der Waals surface area contributed by atoms with Gasteiger partial charge in [0.2, 0.25) is 5.95 Å². The standard InChI is InChI=1S/C14H18N4O2/c1-18(2)12-7-8-15-14(17-12)16-9-10-5-4-6-11(20-3)13(10)19/h4-8,19H,9H2,1-3H3,(H,15,16,17). The average Bonchev–Trinajstić information content (AvgIpc) is 2.46. The number of hydrogen-bond acceptors (Lipinski definition) is 6. The molecule has 0 unspecified atom stereocenters. The average molecular weight is 274 g/mol. The third kappa shape index (κ3) is 3.09. The van der Waals surface area contributed by atoms with Gasteiger partial charge in [0.25, 0.3) is 0 Å². The fourth-order valence-electron chi connectivity index (χ4n) is 1.73. The molecule has 0 amide bonds. The van der Waals surface area contributed by atoms with E-state index in [0.29, 0.717) is 18.2 Å². The molecule has 0 fully saturated rings. The topological polar surface area (TPSA) is 70.5 Å². The van der Waals surface area contributed by atoms with Gasteiger partial charge in [-0.25, -0.2) is 4.98 Å². The van der Waals surface area contributed by atoms with Crippen LogP contribution in [0, 0.1) is 0 Å². The highest BCUT2D eigenvalue weighted by molar-refractivity contribution is 5.47. The minimum absolute atomic E-state index is 0.131. The lowest BCUT2D eigenvalue weighted by atomic mass is 10.2. The first kappa shape index (κ1) is 13.9. The molecule has 2 aromatic rings. The van der Waals surface area contributed by atoms with Gasteiger partial charge in [-0.3, -0.25) is 0 Å². The zero-order chi connectivity index (χ0) is 14.5. The predicted molar refractivity (Wildman–Crippen MR) is 78.3 cm³/mol. The van der Waals surface area contributed by atoms with Gasteiger partial charge in [0, 0.05) is 32.4 Å². The summed E-state index contributed by atoms with van der Waals surface area (Å²) >= 11 is 0. The van der Waals surface area contributed by atoms with Gasteiger partial charge >= 0.3 is 0 Å². The Morgan fingerprint density at radius 3 is 2.80 bits per heavy atom. The van der Waals surface area contributed by atoms with E-state index >= 15 is 0 Å². The molecule has 0 saturated heterocycles. The second-order valence-electron chi connectivity index (χ2n) is 4.45. The predicted octanol–water partition coefficient (Wildman–Crippen LogP) is 1.87. The molecule has 0 aliphatic carbocycles. The van der Waals surface area contributed by atoms with E-state index < -0.39 is 0 Å². The highest BCUT2D eigenvalue weighted by atomic mass is 16.5. The van der Waals surface area contributed by atoms with Gasteiger partial charge in [0.15, 0.2) is 11.5 Å². The zero-order valence-corrected chi connectivity index (χ0v) is 11.8. The largest absolute Gasteiger partial charge is 0.504 e. The van der Waals surface area contributed by atoms with Crippen molar-refractivity contribution in [3.63, 3.8) is 0 Å². The third-order valence-electron chi connectivity index (χ3n) is 2.84. The number of hydrogen-bond donors (Lipinski definition) is 2. The number of benzene rings is 1. The van der Waals surface area contributed by atoms with Gasteiger partial charge in [0.1, 0.15) is 5.82 Å². The molecule has 0 atom stereocenters. The van der Waals surface area contributed by atoms with Crippen LogP contribution in [0.25, 0.3) is 0 Å². The minimum atomic E-state index is 0.131. The summed E-state index contributed by atoms with van der Waals surface area (Å²) in [6.45, 7) is 0.417. The lowest BCUT2D eigenvalue weighted by Crippen LogP contribution is -2.12. The maximum atomic E-state index is 10.00. The number of anilines is 2. The van der Waals surface area contributed by atoms with Crippen LogP contribution < -0.4 is 15.0 Å². The summed E-state index contributed by atoms with van der Waals surface area (Å²) in [5.74, 6) is 1.91. The van der Waals surface area contributed by atoms with Crippen molar-refractivity contribution in [2.75, 3.05) is 31.4 Å². The molecule has 20 heavy (non-hydrogen) atoms. The Morgan fingerprint density at radius 1 is 1.30 bits per heavy atom. The first-order valence-corrected chi connectivity index (χ1v) is 6.21. The SMILES string of the molecule is COc1cccc(CNc2nccc(N(C)C)n2)c1O. The number of aromatic nitrogens is 2. The minimum Gasteiger partial charge on any atom is -0.504 e. The van der Waals surface area contributed by atoms with Crippen molar-refractivity contribution in [3.8, 4) is 11.5 Å². The summed E-state index contributed by atoms with van der Waals surface area (Å²) in [6.07, 6.45) is 1.69. The fourth-order valence-corrected chi connectivity index (χ4v) is 1.73. The van der Waals surface area contributed by atoms with Crippen molar-refractivity contribution in [1.82, 2.24) is 9.97 Å². The van der Waals surface area contributed by atoms with Crippen molar-refractivity contribution in [1.29, 1.82) is 0 Å². The molecule has 6 nitrogen and oxygen atoms in total. The molecular weight excluding hydrogens is 256 g/mol. The van der Waals surface area contributed by atoms with Crippen LogP contribution in [0.2, 0.25) is 0 Å². The first-order valence-electron chi connectivity index (χ1n) is 6.21. The molecule has 2 N–H and O–H groups in total. The van der Waals surface area contributed by atoms with Gasteiger partial charge in [-0.1, -0.05) is 12.1 Å². The summed E-state index contributed by atoms with van der Waals surface area (Å²) in [4.78, 5) is 10.4. The Labute approximate surface area is 118 Å². The van der Waals surface area contributed by atoms with Gasteiger partial charge in [-0.15, -0.1) is 0 Å². The molecular formula is C14H18N4O2. The number of nitrogens with one attached hydrogen (secondary N) is 1. The molecule has 0 bridgehead atoms. The van der Waals surface area contributed by atoms with Crippen LogP contribution in [0.1, 0.15) is 5.56 Å². The van der Waals surface area contributed by atoms with E-state index in [-0.39, 0.29) is 5.75 Å². The van der Waals surface area contributed by atoms with E-state index in [0.717, 1.165) is 11.4 Å². The van der Waals surface area contributed by atoms with Crippen LogP contribution in [-0.4, -0.2) is 36.3 Å². The summed E-state index contributed by atoms with van der Waals surface area (Å²) in [6, 6.07) is 7.18. The molecule has 0 aliphatic rings. The van der Waals surface area contributed by atoms with Gasteiger partial charge in [0.05, 0.1) is 7.11 Å². The quantitative estimate of drug-likeness (QED) is 0.867. The second kappa shape index (κ2) is 6.10. The Balaban J connectivity index is 2.11. The van der Waals surface area contributed by atoms with Gasteiger partial charge in [-0.2, -0.15) is 4.98 Å². The van der Waals surface area contributed by atoms with Crippen molar-refractivity contribution in [2.45, 2.75) is 6.54 Å². The highest BCUT2D eigenvalue weighted by Crippen LogP contribution is 2.29. The number of nitrogens with zero attached hydrogens (tertiary/aromatic N) is 3. The van der Waals surface area contributed by atoms with Crippen LogP contribution >= 0.6 is 0 Å². The van der Waals surface area contributed by atoms with Crippen molar-refractivity contribution >= 4 is 11.8 Å². The molecule has 6 heteroatoms. The Hall–Kier alpha value is -2.50. The van der Waals surface area contributed by atoms with E-state index in [2.05, 4.69) is 15.3 Å². The van der Waals surface area contributed by atoms with Crippen molar-refractivity contribution in [3.05, 3.63) is 36.0 Å². The summed E-state index contributed by atoms with van der Waals surface area (Å²) in [5.41, 5.74) is 0.725. The van der Waals surface area contributed by atoms with E-state index in [1.165, 1.54) is 7.11 Å². The number of para-hydroxylation sites is 1. The molecule has 2 rings (SSSR count). The van der Waals surface area contributed by atoms with E-state index in [1.807, 2.05) is 37.2 Å². The second-order valence-corrected chi connectivity index (χ2v) is 4.45. The number of methoxy groups -OCH3 is 1. The number of phenolic OH excluding ortho intramolecular Hbond substituents is 1. The summed E-state index contributed by atoms with van der Waals surface area (Å²) in [7, 11) is 5.36. The maximum Gasteiger partial charge on any atom is 0.224 e. The van der Waals surface area contributed by atoms with E-state index in [9.17, 15) is 5.11 Å². The Morgan fingerprint density at radius 2 is 2.10 bits per heavy atom. The lowest BCUT2D eigenvalue weighted by Gasteiger charge is -2.13. The zero-order valence-electron chi connectivity index (χ0n) is 11.8. The lowest BCUT2D eigenvalue weighted by molar-refractivity contribution is 0.371. The molecule has 0 radical (unpaired) electrons. The van der Waals surface area contributed by atoms with Crippen LogP contribution in [0.15, 0.2) is 30.5 Å². The van der Waals surface area contributed by atoms with Gasteiger partial charge < -0.3 is 20.1 Å². The van der Waals surface area contributed by atoms with Crippen LogP contribution in [0.5, 0.6) is 11.5 Å². The fraction of sp³-hybridized carbons (Fsp3) is 0.286. The third-order valence-corrected chi connectivity index (χ3v) is 2.84. The number of rotatable bonds is 5. The summed E-state index contributed by atoms with van der Waals surface area (Å²) in [5, 5.41) is 13.1.